The lowest BCUT2D eigenvalue weighted by Crippen LogP contribution is -2.42. The molecule has 1 amide bonds. The minimum absolute atomic E-state index is 0.126. The van der Waals surface area contributed by atoms with Gasteiger partial charge in [0.1, 0.15) is 16.2 Å². The predicted molar refractivity (Wildman–Crippen MR) is 68.8 cm³/mol. The fourth-order valence-electron chi connectivity index (χ4n) is 1.76. The SMILES string of the molecule is CCc1nc(Br)cc(NC2CCC(=O)NC2)n1. The van der Waals surface area contributed by atoms with Crippen molar-refractivity contribution in [3.8, 4) is 0 Å². The average molecular weight is 299 g/mol. The van der Waals surface area contributed by atoms with E-state index in [9.17, 15) is 4.79 Å². The van der Waals surface area contributed by atoms with Crippen molar-refractivity contribution in [3.63, 3.8) is 0 Å². The quantitative estimate of drug-likeness (QED) is 0.830. The molecule has 2 rings (SSSR count). The summed E-state index contributed by atoms with van der Waals surface area (Å²) in [5.74, 6) is 1.74. The summed E-state index contributed by atoms with van der Waals surface area (Å²) in [4.78, 5) is 19.7. The summed E-state index contributed by atoms with van der Waals surface area (Å²) in [6.07, 6.45) is 2.22. The van der Waals surface area contributed by atoms with Crippen molar-refractivity contribution in [2.45, 2.75) is 32.2 Å². The van der Waals surface area contributed by atoms with Crippen LogP contribution in [0.2, 0.25) is 0 Å². The highest BCUT2D eigenvalue weighted by Crippen LogP contribution is 2.15. The van der Waals surface area contributed by atoms with Gasteiger partial charge in [0.05, 0.1) is 0 Å². The van der Waals surface area contributed by atoms with Crippen molar-refractivity contribution < 1.29 is 4.79 Å². The van der Waals surface area contributed by atoms with Gasteiger partial charge in [-0.05, 0) is 22.4 Å². The number of halogens is 1. The predicted octanol–water partition coefficient (Wildman–Crippen LogP) is 1.49. The van der Waals surface area contributed by atoms with Crippen molar-refractivity contribution in [3.05, 3.63) is 16.5 Å². The van der Waals surface area contributed by atoms with Crippen molar-refractivity contribution in [1.29, 1.82) is 0 Å². The van der Waals surface area contributed by atoms with Crippen LogP contribution in [-0.2, 0) is 11.2 Å². The largest absolute Gasteiger partial charge is 0.365 e. The Morgan fingerprint density at radius 2 is 2.41 bits per heavy atom. The van der Waals surface area contributed by atoms with E-state index in [4.69, 9.17) is 0 Å². The van der Waals surface area contributed by atoms with E-state index in [0.29, 0.717) is 13.0 Å². The van der Waals surface area contributed by atoms with Gasteiger partial charge in [-0.2, -0.15) is 0 Å². The molecule has 17 heavy (non-hydrogen) atoms. The second-order valence-corrected chi connectivity index (χ2v) is 4.84. The van der Waals surface area contributed by atoms with Crippen molar-refractivity contribution in [1.82, 2.24) is 15.3 Å². The molecule has 0 aromatic carbocycles. The third-order valence-corrected chi connectivity index (χ3v) is 3.08. The van der Waals surface area contributed by atoms with Gasteiger partial charge < -0.3 is 10.6 Å². The Morgan fingerprint density at radius 1 is 1.59 bits per heavy atom. The number of carbonyl (C=O) groups is 1. The summed E-state index contributed by atoms with van der Waals surface area (Å²) in [7, 11) is 0. The summed E-state index contributed by atoms with van der Waals surface area (Å²) in [6.45, 7) is 2.67. The topological polar surface area (TPSA) is 66.9 Å². The lowest BCUT2D eigenvalue weighted by Gasteiger charge is -2.24. The van der Waals surface area contributed by atoms with Gasteiger partial charge in [-0.15, -0.1) is 0 Å². The molecule has 1 unspecified atom stereocenters. The maximum atomic E-state index is 11.0. The molecular weight excluding hydrogens is 284 g/mol. The van der Waals surface area contributed by atoms with Crippen LogP contribution in [0.5, 0.6) is 0 Å². The molecule has 1 aromatic heterocycles. The summed E-state index contributed by atoms with van der Waals surface area (Å²) in [5, 5.41) is 6.16. The number of rotatable bonds is 3. The van der Waals surface area contributed by atoms with Crippen LogP contribution in [0, 0.1) is 0 Å². The van der Waals surface area contributed by atoms with Crippen LogP contribution in [0.1, 0.15) is 25.6 Å². The molecule has 0 bridgehead atoms. The highest BCUT2D eigenvalue weighted by atomic mass is 79.9. The van der Waals surface area contributed by atoms with Crippen LogP contribution in [0.25, 0.3) is 0 Å². The Labute approximate surface area is 109 Å². The molecule has 0 radical (unpaired) electrons. The number of nitrogens with one attached hydrogen (secondary N) is 2. The van der Waals surface area contributed by atoms with Crippen molar-refractivity contribution in [2.75, 3.05) is 11.9 Å². The van der Waals surface area contributed by atoms with Crippen LogP contribution >= 0.6 is 15.9 Å². The molecule has 92 valence electrons. The second-order valence-electron chi connectivity index (χ2n) is 4.03. The zero-order valence-corrected chi connectivity index (χ0v) is 11.2. The average Bonchev–Trinajstić information content (AvgIpc) is 2.31. The van der Waals surface area contributed by atoms with Crippen molar-refractivity contribution in [2.24, 2.45) is 0 Å². The van der Waals surface area contributed by atoms with Crippen LogP contribution < -0.4 is 10.6 Å². The zero-order chi connectivity index (χ0) is 12.3. The Balaban J connectivity index is 2.02. The van der Waals surface area contributed by atoms with Gasteiger partial charge in [0.25, 0.3) is 0 Å². The number of hydrogen-bond donors (Lipinski definition) is 2. The molecule has 0 aliphatic carbocycles. The van der Waals surface area contributed by atoms with Gasteiger partial charge >= 0.3 is 0 Å². The minimum Gasteiger partial charge on any atom is -0.365 e. The van der Waals surface area contributed by atoms with E-state index in [1.54, 1.807) is 0 Å². The molecule has 1 fully saturated rings. The van der Waals surface area contributed by atoms with Gasteiger partial charge in [-0.25, -0.2) is 9.97 Å². The first-order valence-corrected chi connectivity index (χ1v) is 6.53. The van der Waals surface area contributed by atoms with E-state index in [-0.39, 0.29) is 11.9 Å². The number of piperidine rings is 1. The monoisotopic (exact) mass is 298 g/mol. The van der Waals surface area contributed by atoms with Crippen molar-refractivity contribution >= 4 is 27.7 Å². The van der Waals surface area contributed by atoms with Gasteiger partial charge in [0.2, 0.25) is 5.91 Å². The normalized spacial score (nSPS) is 19.9. The second kappa shape index (κ2) is 5.44. The minimum atomic E-state index is 0.126. The highest BCUT2D eigenvalue weighted by Gasteiger charge is 2.18. The lowest BCUT2D eigenvalue weighted by molar-refractivity contribution is -0.122. The van der Waals surface area contributed by atoms with Gasteiger partial charge in [-0.1, -0.05) is 6.92 Å². The third-order valence-electron chi connectivity index (χ3n) is 2.67. The first-order valence-electron chi connectivity index (χ1n) is 5.74. The van der Waals surface area contributed by atoms with E-state index < -0.39 is 0 Å². The number of carbonyl (C=O) groups excluding carboxylic acids is 1. The molecule has 1 saturated heterocycles. The fourth-order valence-corrected chi connectivity index (χ4v) is 2.18. The Bertz CT molecular complexity index is 414. The molecule has 0 saturated carbocycles. The molecule has 6 heteroatoms. The molecule has 1 aliphatic rings. The summed E-state index contributed by atoms with van der Waals surface area (Å²) < 4.78 is 0.784. The summed E-state index contributed by atoms with van der Waals surface area (Å²) in [6, 6.07) is 2.11. The van der Waals surface area contributed by atoms with Crippen LogP contribution in [0.4, 0.5) is 5.82 Å². The molecule has 2 N–H and O–H groups in total. The van der Waals surface area contributed by atoms with Crippen LogP contribution in [-0.4, -0.2) is 28.5 Å². The smallest absolute Gasteiger partial charge is 0.220 e. The van der Waals surface area contributed by atoms with E-state index >= 15 is 0 Å². The summed E-state index contributed by atoms with van der Waals surface area (Å²) in [5.41, 5.74) is 0. The first kappa shape index (κ1) is 12.3. The number of nitrogens with zero attached hydrogens (tertiary/aromatic N) is 2. The zero-order valence-electron chi connectivity index (χ0n) is 9.66. The molecule has 0 spiro atoms. The van der Waals surface area contributed by atoms with E-state index in [1.165, 1.54) is 0 Å². The number of aromatic nitrogens is 2. The van der Waals surface area contributed by atoms with Gasteiger partial charge in [0.15, 0.2) is 0 Å². The maximum absolute atomic E-state index is 11.0. The highest BCUT2D eigenvalue weighted by molar-refractivity contribution is 9.10. The Hall–Kier alpha value is -1.17. The van der Waals surface area contributed by atoms with E-state index in [2.05, 4.69) is 36.5 Å². The number of aryl methyl sites for hydroxylation is 1. The van der Waals surface area contributed by atoms with Crippen LogP contribution in [0.3, 0.4) is 0 Å². The molecule has 1 aromatic rings. The molecular formula is C11H15BrN4O. The Kier molecular flexibility index (Phi) is 3.93. The molecule has 1 atom stereocenters. The Morgan fingerprint density at radius 3 is 3.06 bits per heavy atom. The maximum Gasteiger partial charge on any atom is 0.220 e. The first-order chi connectivity index (χ1) is 8.17. The van der Waals surface area contributed by atoms with E-state index in [0.717, 1.165) is 29.1 Å². The standard InChI is InChI=1S/C11H15BrN4O/c1-2-9-15-8(12)5-10(16-9)14-7-3-4-11(17)13-6-7/h5,7H,2-4,6H2,1H3,(H,13,17)(H,14,15,16). The van der Waals surface area contributed by atoms with Gasteiger partial charge in [0, 0.05) is 31.5 Å². The number of anilines is 1. The fraction of sp³-hybridized carbons (Fsp3) is 0.545. The third kappa shape index (κ3) is 3.39. The molecule has 2 heterocycles. The van der Waals surface area contributed by atoms with E-state index in [1.807, 2.05) is 13.0 Å². The lowest BCUT2D eigenvalue weighted by atomic mass is 10.1. The molecule has 5 nitrogen and oxygen atoms in total. The van der Waals surface area contributed by atoms with Gasteiger partial charge in [-0.3, -0.25) is 4.79 Å². The number of hydrogen-bond acceptors (Lipinski definition) is 4. The summed E-state index contributed by atoms with van der Waals surface area (Å²) >= 11 is 3.37. The van der Waals surface area contributed by atoms with Crippen LogP contribution in [0.15, 0.2) is 10.7 Å². The molecule has 1 aliphatic heterocycles. The number of amides is 1.